The van der Waals surface area contributed by atoms with E-state index >= 15 is 0 Å². The van der Waals surface area contributed by atoms with E-state index in [1.807, 2.05) is 24.3 Å². The summed E-state index contributed by atoms with van der Waals surface area (Å²) in [6.45, 7) is 7.86. The largest absolute Gasteiger partial charge is 0.497 e. The van der Waals surface area contributed by atoms with E-state index in [0.29, 0.717) is 18.0 Å². The molecule has 6 heteroatoms. The zero-order valence-corrected chi connectivity index (χ0v) is 18.7. The quantitative estimate of drug-likeness (QED) is 0.332. The van der Waals surface area contributed by atoms with Gasteiger partial charge in [-0.3, -0.25) is 4.99 Å². The summed E-state index contributed by atoms with van der Waals surface area (Å²) in [6.07, 6.45) is 4.15. The maximum Gasteiger partial charge on any atom is 0.191 e. The third-order valence-electron chi connectivity index (χ3n) is 4.93. The van der Waals surface area contributed by atoms with Crippen LogP contribution in [0.2, 0.25) is 0 Å². The molecule has 0 aliphatic heterocycles. The average molecular weight is 475 g/mol. The Morgan fingerprint density at radius 2 is 2.04 bits per heavy atom. The second-order valence-corrected chi connectivity index (χ2v) is 7.59. The molecule has 0 saturated heterocycles. The number of halogens is 1. The summed E-state index contributed by atoms with van der Waals surface area (Å²) in [5.41, 5.74) is 1.27. The lowest BCUT2D eigenvalue weighted by atomic mass is 9.75. The first-order chi connectivity index (χ1) is 11.9. The first kappa shape index (κ1) is 23.0. The molecule has 1 unspecified atom stereocenters. The second kappa shape index (κ2) is 11.0. The Bertz CT molecular complexity index is 568. The van der Waals surface area contributed by atoms with Gasteiger partial charge in [0.2, 0.25) is 0 Å². The molecule has 0 spiro atoms. The Labute approximate surface area is 175 Å². The summed E-state index contributed by atoms with van der Waals surface area (Å²) >= 11 is 0. The standard InChI is InChI=1S/C20H33N3O2.HI/c1-5-21-19(23-16-9-11-20(2,3)12-10-16)22-14-18(24)15-7-6-8-17(13-15)25-4;/h6-8,13,16,18,24H,5,9-12,14H2,1-4H3,(H2,21,22,23);1H. The molecule has 0 amide bonds. The van der Waals surface area contributed by atoms with E-state index in [9.17, 15) is 5.11 Å². The topological polar surface area (TPSA) is 65.9 Å². The predicted molar refractivity (Wildman–Crippen MR) is 119 cm³/mol. The molecule has 1 fully saturated rings. The van der Waals surface area contributed by atoms with Gasteiger partial charge < -0.3 is 20.5 Å². The smallest absolute Gasteiger partial charge is 0.191 e. The van der Waals surface area contributed by atoms with Crippen molar-refractivity contribution in [3.63, 3.8) is 0 Å². The van der Waals surface area contributed by atoms with Crippen LogP contribution in [-0.4, -0.2) is 37.3 Å². The highest BCUT2D eigenvalue weighted by atomic mass is 127. The highest BCUT2D eigenvalue weighted by Gasteiger charge is 2.27. The van der Waals surface area contributed by atoms with Crippen molar-refractivity contribution >= 4 is 29.9 Å². The molecular weight excluding hydrogens is 441 g/mol. The Balaban J connectivity index is 0.00000338. The van der Waals surface area contributed by atoms with E-state index in [2.05, 4.69) is 36.4 Å². The van der Waals surface area contributed by atoms with Crippen molar-refractivity contribution < 1.29 is 9.84 Å². The number of rotatable bonds is 6. The van der Waals surface area contributed by atoms with Crippen LogP contribution in [0, 0.1) is 5.41 Å². The number of aliphatic hydroxyl groups is 1. The molecule has 1 saturated carbocycles. The van der Waals surface area contributed by atoms with E-state index < -0.39 is 6.10 Å². The van der Waals surface area contributed by atoms with E-state index in [-0.39, 0.29) is 24.0 Å². The van der Waals surface area contributed by atoms with Crippen LogP contribution < -0.4 is 15.4 Å². The second-order valence-electron chi connectivity index (χ2n) is 7.59. The lowest BCUT2D eigenvalue weighted by Gasteiger charge is -2.35. The minimum atomic E-state index is -0.643. The number of nitrogens with one attached hydrogen (secondary N) is 2. The normalized spacial score (nSPS) is 18.6. The monoisotopic (exact) mass is 475 g/mol. The van der Waals surface area contributed by atoms with Crippen molar-refractivity contribution in [1.29, 1.82) is 0 Å². The minimum absolute atomic E-state index is 0. The lowest BCUT2D eigenvalue weighted by molar-refractivity contribution is 0.186. The fourth-order valence-corrected chi connectivity index (χ4v) is 3.19. The van der Waals surface area contributed by atoms with Crippen molar-refractivity contribution in [2.24, 2.45) is 10.4 Å². The summed E-state index contributed by atoms with van der Waals surface area (Å²) in [4.78, 5) is 4.58. The number of aliphatic imine (C=N–C) groups is 1. The maximum atomic E-state index is 10.4. The maximum absolute atomic E-state index is 10.4. The first-order valence-corrected chi connectivity index (χ1v) is 9.30. The van der Waals surface area contributed by atoms with E-state index in [1.54, 1.807) is 7.11 Å². The van der Waals surface area contributed by atoms with Crippen molar-refractivity contribution in [2.75, 3.05) is 20.2 Å². The Hall–Kier alpha value is -1.02. The Morgan fingerprint density at radius 1 is 1.35 bits per heavy atom. The van der Waals surface area contributed by atoms with E-state index in [4.69, 9.17) is 4.74 Å². The molecule has 148 valence electrons. The molecule has 0 radical (unpaired) electrons. The van der Waals surface area contributed by atoms with Crippen molar-refractivity contribution in [1.82, 2.24) is 10.6 Å². The van der Waals surface area contributed by atoms with Gasteiger partial charge in [0, 0.05) is 12.6 Å². The van der Waals surface area contributed by atoms with Crippen LogP contribution in [0.1, 0.15) is 58.1 Å². The molecule has 1 aromatic rings. The van der Waals surface area contributed by atoms with Gasteiger partial charge in [0.25, 0.3) is 0 Å². The van der Waals surface area contributed by atoms with Gasteiger partial charge in [-0.15, -0.1) is 24.0 Å². The number of methoxy groups -OCH3 is 1. The van der Waals surface area contributed by atoms with Gasteiger partial charge in [0.15, 0.2) is 5.96 Å². The van der Waals surface area contributed by atoms with Crippen LogP contribution in [0.15, 0.2) is 29.3 Å². The summed E-state index contributed by atoms with van der Waals surface area (Å²) < 4.78 is 5.21. The van der Waals surface area contributed by atoms with Crippen molar-refractivity contribution in [3.05, 3.63) is 29.8 Å². The molecule has 1 aliphatic carbocycles. The number of hydrogen-bond acceptors (Lipinski definition) is 3. The molecule has 0 bridgehead atoms. The number of hydrogen-bond donors (Lipinski definition) is 3. The summed E-state index contributed by atoms with van der Waals surface area (Å²) in [5.74, 6) is 1.53. The van der Waals surface area contributed by atoms with E-state index in [0.717, 1.165) is 36.7 Å². The van der Waals surface area contributed by atoms with Gasteiger partial charge in [0.1, 0.15) is 5.75 Å². The Kier molecular flexibility index (Phi) is 9.71. The third kappa shape index (κ3) is 7.31. The fraction of sp³-hybridized carbons (Fsp3) is 0.650. The molecule has 0 aromatic heterocycles. The van der Waals surface area contributed by atoms with E-state index in [1.165, 1.54) is 12.8 Å². The van der Waals surface area contributed by atoms with Crippen molar-refractivity contribution in [2.45, 2.75) is 58.6 Å². The van der Waals surface area contributed by atoms with Gasteiger partial charge in [0.05, 0.1) is 19.8 Å². The fourth-order valence-electron chi connectivity index (χ4n) is 3.19. The van der Waals surface area contributed by atoms with Crippen LogP contribution in [0.25, 0.3) is 0 Å². The molecule has 1 atom stereocenters. The molecule has 0 heterocycles. The van der Waals surface area contributed by atoms with Gasteiger partial charge in [-0.25, -0.2) is 0 Å². The minimum Gasteiger partial charge on any atom is -0.497 e. The SMILES string of the molecule is CCNC(=NCC(O)c1cccc(OC)c1)NC1CCC(C)(C)CC1.I. The zero-order chi connectivity index (χ0) is 18.3. The van der Waals surface area contributed by atoms with Crippen LogP contribution in [0.3, 0.4) is 0 Å². The highest BCUT2D eigenvalue weighted by molar-refractivity contribution is 14.0. The summed E-state index contributed by atoms with van der Waals surface area (Å²) in [7, 11) is 1.63. The number of aliphatic hydroxyl groups excluding tert-OH is 1. The molecule has 1 aromatic carbocycles. The van der Waals surface area contributed by atoms with Gasteiger partial charge >= 0.3 is 0 Å². The predicted octanol–water partition coefficient (Wildman–Crippen LogP) is 3.87. The Morgan fingerprint density at radius 3 is 2.65 bits per heavy atom. The van der Waals surface area contributed by atoms with Gasteiger partial charge in [-0.1, -0.05) is 26.0 Å². The third-order valence-corrected chi connectivity index (χ3v) is 4.93. The zero-order valence-electron chi connectivity index (χ0n) is 16.4. The molecule has 1 aliphatic rings. The van der Waals surface area contributed by atoms with Crippen LogP contribution in [0.5, 0.6) is 5.75 Å². The summed E-state index contributed by atoms with van der Waals surface area (Å²) in [6, 6.07) is 7.96. The van der Waals surface area contributed by atoms with Crippen molar-refractivity contribution in [3.8, 4) is 5.75 Å². The number of benzene rings is 1. The van der Waals surface area contributed by atoms with Gasteiger partial charge in [-0.05, 0) is 55.7 Å². The summed E-state index contributed by atoms with van der Waals surface area (Å²) in [5, 5.41) is 17.2. The van der Waals surface area contributed by atoms with Crippen LogP contribution >= 0.6 is 24.0 Å². The number of nitrogens with zero attached hydrogens (tertiary/aromatic N) is 1. The average Bonchev–Trinajstić information content (AvgIpc) is 2.61. The molecule has 5 nitrogen and oxygen atoms in total. The molecular formula is C20H34IN3O2. The lowest BCUT2D eigenvalue weighted by Crippen LogP contribution is -2.45. The molecule has 2 rings (SSSR count). The highest BCUT2D eigenvalue weighted by Crippen LogP contribution is 2.34. The van der Waals surface area contributed by atoms with Gasteiger partial charge in [-0.2, -0.15) is 0 Å². The number of guanidine groups is 1. The van der Waals surface area contributed by atoms with Crippen LogP contribution in [-0.2, 0) is 0 Å². The number of ether oxygens (including phenoxy) is 1. The first-order valence-electron chi connectivity index (χ1n) is 9.30. The molecule has 26 heavy (non-hydrogen) atoms. The molecule has 3 N–H and O–H groups in total. The van der Waals surface area contributed by atoms with Crippen LogP contribution in [0.4, 0.5) is 0 Å².